The van der Waals surface area contributed by atoms with Crippen molar-refractivity contribution < 1.29 is 9.53 Å². The Morgan fingerprint density at radius 1 is 0.867 bits per heavy atom. The van der Waals surface area contributed by atoms with Gasteiger partial charge in [0.25, 0.3) is 0 Å². The molecule has 3 aromatic rings. The minimum atomic E-state index is -0.368. The first-order valence-electron chi connectivity index (χ1n) is 10.3. The molecule has 0 aliphatic carbocycles. The Hall–Kier alpha value is -3.33. The van der Waals surface area contributed by atoms with Gasteiger partial charge in [-0.1, -0.05) is 42.5 Å². The minimum Gasteiger partial charge on any atom is -0.463 e. The summed E-state index contributed by atoms with van der Waals surface area (Å²) in [7, 11) is 0. The van der Waals surface area contributed by atoms with Crippen LogP contribution in [0.5, 0.6) is 0 Å². The number of carbonyl (C=O) groups is 1. The predicted octanol–water partition coefficient (Wildman–Crippen LogP) is 6.74. The van der Waals surface area contributed by atoms with Crippen molar-refractivity contribution in [3.63, 3.8) is 0 Å². The van der Waals surface area contributed by atoms with E-state index in [0.717, 1.165) is 29.9 Å². The number of hydrogen-bond acceptors (Lipinski definition) is 3. The summed E-state index contributed by atoms with van der Waals surface area (Å²) in [6.45, 7) is 10.2. The smallest absolute Gasteiger partial charge is 0.330 e. The lowest BCUT2D eigenvalue weighted by molar-refractivity contribution is -0.137. The van der Waals surface area contributed by atoms with Crippen molar-refractivity contribution in [1.29, 1.82) is 0 Å². The Morgan fingerprint density at radius 3 is 2.07 bits per heavy atom. The van der Waals surface area contributed by atoms with Gasteiger partial charge >= 0.3 is 5.97 Å². The van der Waals surface area contributed by atoms with Crippen LogP contribution in [0.15, 0.2) is 79.4 Å². The lowest BCUT2D eigenvalue weighted by Gasteiger charge is -2.26. The van der Waals surface area contributed by atoms with Gasteiger partial charge in [-0.2, -0.15) is 0 Å². The number of anilines is 3. The summed E-state index contributed by atoms with van der Waals surface area (Å²) in [5, 5.41) is 0. The Balaban J connectivity index is 1.83. The molecule has 0 fully saturated rings. The zero-order chi connectivity index (χ0) is 21.5. The van der Waals surface area contributed by atoms with Gasteiger partial charge in [0.2, 0.25) is 0 Å². The predicted molar refractivity (Wildman–Crippen MR) is 125 cm³/mol. The van der Waals surface area contributed by atoms with Crippen molar-refractivity contribution in [2.75, 3.05) is 11.5 Å². The normalized spacial score (nSPS) is 10.5. The van der Waals surface area contributed by atoms with Crippen molar-refractivity contribution in [2.45, 2.75) is 33.6 Å². The van der Waals surface area contributed by atoms with Gasteiger partial charge in [-0.15, -0.1) is 0 Å². The van der Waals surface area contributed by atoms with Gasteiger partial charge in [-0.3, -0.25) is 0 Å². The van der Waals surface area contributed by atoms with E-state index in [0.29, 0.717) is 6.61 Å². The van der Waals surface area contributed by atoms with Gasteiger partial charge in [0.05, 0.1) is 6.61 Å². The Kier molecular flexibility index (Phi) is 7.08. The van der Waals surface area contributed by atoms with Crippen molar-refractivity contribution in [3.05, 3.63) is 102 Å². The SMILES string of the molecule is C=CC(=O)OCCCc1ccc(N(c2ccc(C)cc2)c2ccc(C)c(C)c2)cc1. The monoisotopic (exact) mass is 399 g/mol. The summed E-state index contributed by atoms with van der Waals surface area (Å²) in [6.07, 6.45) is 2.85. The summed E-state index contributed by atoms with van der Waals surface area (Å²) >= 11 is 0. The van der Waals surface area contributed by atoms with Gasteiger partial charge < -0.3 is 9.64 Å². The number of ether oxygens (including phenoxy) is 1. The Bertz CT molecular complexity index is 1000. The maximum Gasteiger partial charge on any atom is 0.330 e. The maximum absolute atomic E-state index is 11.1. The molecular weight excluding hydrogens is 370 g/mol. The molecule has 0 spiro atoms. The number of aryl methyl sites for hydroxylation is 4. The van der Waals surface area contributed by atoms with E-state index in [9.17, 15) is 4.79 Å². The van der Waals surface area contributed by atoms with E-state index in [4.69, 9.17) is 4.74 Å². The first-order valence-corrected chi connectivity index (χ1v) is 10.3. The summed E-state index contributed by atoms with van der Waals surface area (Å²) < 4.78 is 5.06. The first kappa shape index (κ1) is 21.4. The molecule has 3 heteroatoms. The molecule has 0 saturated carbocycles. The van der Waals surface area contributed by atoms with Crippen LogP contribution in [0.1, 0.15) is 28.7 Å². The van der Waals surface area contributed by atoms with E-state index in [1.165, 1.54) is 28.3 Å². The van der Waals surface area contributed by atoms with E-state index in [2.05, 4.69) is 99.0 Å². The lowest BCUT2D eigenvalue weighted by atomic mass is 10.1. The van der Waals surface area contributed by atoms with E-state index < -0.39 is 0 Å². The number of benzene rings is 3. The summed E-state index contributed by atoms with van der Waals surface area (Å²) in [5.74, 6) is -0.368. The van der Waals surface area contributed by atoms with Crippen molar-refractivity contribution in [3.8, 4) is 0 Å². The molecule has 0 heterocycles. The average molecular weight is 400 g/mol. The minimum absolute atomic E-state index is 0.368. The molecule has 3 rings (SSSR count). The van der Waals surface area contributed by atoms with E-state index in [1.807, 2.05) is 0 Å². The third kappa shape index (κ3) is 5.38. The topological polar surface area (TPSA) is 29.5 Å². The second-order valence-corrected chi connectivity index (χ2v) is 7.58. The molecule has 0 atom stereocenters. The first-order chi connectivity index (χ1) is 14.5. The number of rotatable bonds is 8. The lowest BCUT2D eigenvalue weighted by Crippen LogP contribution is -2.10. The van der Waals surface area contributed by atoms with Gasteiger partial charge in [0.15, 0.2) is 0 Å². The number of nitrogens with zero attached hydrogens (tertiary/aromatic N) is 1. The number of esters is 1. The molecule has 154 valence electrons. The van der Waals surface area contributed by atoms with Crippen LogP contribution in [-0.4, -0.2) is 12.6 Å². The van der Waals surface area contributed by atoms with Crippen molar-refractivity contribution in [1.82, 2.24) is 0 Å². The van der Waals surface area contributed by atoms with Gasteiger partial charge in [-0.25, -0.2) is 4.79 Å². The molecule has 0 aliphatic heterocycles. The molecule has 30 heavy (non-hydrogen) atoms. The molecule has 0 radical (unpaired) electrons. The third-order valence-corrected chi connectivity index (χ3v) is 5.26. The molecule has 0 unspecified atom stereocenters. The van der Waals surface area contributed by atoms with Gasteiger partial charge in [0, 0.05) is 23.1 Å². The van der Waals surface area contributed by atoms with Crippen LogP contribution in [0.2, 0.25) is 0 Å². The highest BCUT2D eigenvalue weighted by atomic mass is 16.5. The second kappa shape index (κ2) is 9.93. The molecule has 0 amide bonds. The quantitative estimate of drug-likeness (QED) is 0.238. The van der Waals surface area contributed by atoms with Crippen LogP contribution >= 0.6 is 0 Å². The van der Waals surface area contributed by atoms with Crippen LogP contribution < -0.4 is 4.90 Å². The van der Waals surface area contributed by atoms with Crippen LogP contribution in [0, 0.1) is 20.8 Å². The average Bonchev–Trinajstić information content (AvgIpc) is 2.76. The highest BCUT2D eigenvalue weighted by Crippen LogP contribution is 2.35. The van der Waals surface area contributed by atoms with Crippen molar-refractivity contribution >= 4 is 23.0 Å². The molecule has 0 bridgehead atoms. The number of hydrogen-bond donors (Lipinski definition) is 0. The molecule has 3 nitrogen and oxygen atoms in total. The second-order valence-electron chi connectivity index (χ2n) is 7.58. The Labute approximate surface area is 179 Å². The van der Waals surface area contributed by atoms with Crippen LogP contribution in [0.3, 0.4) is 0 Å². The van der Waals surface area contributed by atoms with E-state index in [-0.39, 0.29) is 5.97 Å². The maximum atomic E-state index is 11.1. The summed E-state index contributed by atoms with van der Waals surface area (Å²) in [4.78, 5) is 13.4. The van der Waals surface area contributed by atoms with Crippen LogP contribution in [0.25, 0.3) is 0 Å². The zero-order valence-corrected chi connectivity index (χ0v) is 18.0. The molecule has 0 aromatic heterocycles. The molecular formula is C27H29NO2. The fourth-order valence-electron chi connectivity index (χ4n) is 3.33. The fraction of sp³-hybridized carbons (Fsp3) is 0.222. The van der Waals surface area contributed by atoms with Crippen LogP contribution in [0.4, 0.5) is 17.1 Å². The zero-order valence-electron chi connectivity index (χ0n) is 18.0. The Morgan fingerprint density at radius 2 is 1.47 bits per heavy atom. The van der Waals surface area contributed by atoms with E-state index >= 15 is 0 Å². The van der Waals surface area contributed by atoms with Crippen molar-refractivity contribution in [2.24, 2.45) is 0 Å². The highest BCUT2D eigenvalue weighted by molar-refractivity contribution is 5.81. The largest absolute Gasteiger partial charge is 0.463 e. The summed E-state index contributed by atoms with van der Waals surface area (Å²) in [5.41, 5.74) is 8.41. The highest BCUT2D eigenvalue weighted by Gasteiger charge is 2.13. The summed E-state index contributed by atoms with van der Waals surface area (Å²) in [6, 6.07) is 23.8. The molecule has 3 aromatic carbocycles. The standard InChI is InChI=1S/C27H29NO2/c1-5-27(29)30-18-6-7-23-11-16-25(17-12-23)28(24-13-8-20(2)9-14-24)26-15-10-21(3)22(4)19-26/h5,8-17,19H,1,6-7,18H2,2-4H3. The molecule has 0 aliphatic rings. The van der Waals surface area contributed by atoms with Gasteiger partial charge in [-0.05, 0) is 86.7 Å². The number of carbonyl (C=O) groups excluding carboxylic acids is 1. The van der Waals surface area contributed by atoms with E-state index in [1.54, 1.807) is 0 Å². The molecule has 0 saturated heterocycles. The molecule has 0 N–H and O–H groups in total. The van der Waals surface area contributed by atoms with Gasteiger partial charge in [0.1, 0.15) is 0 Å². The van der Waals surface area contributed by atoms with Crippen LogP contribution in [-0.2, 0) is 16.0 Å². The fourth-order valence-corrected chi connectivity index (χ4v) is 3.33. The third-order valence-electron chi connectivity index (χ3n) is 5.26.